The molecule has 0 bridgehead atoms. The predicted octanol–water partition coefficient (Wildman–Crippen LogP) is 2.26. The lowest BCUT2D eigenvalue weighted by Crippen LogP contribution is -3.06. The SMILES string of the molecule is CC(C)Oc1ccc([C@H]2C(C(=O)c3cccs3)=C(O)C(=O)N2CC[NH+](C)C)cc1. The number of ether oxygens (including phenoxy) is 1. The Balaban J connectivity index is 2.00. The van der Waals surface area contributed by atoms with E-state index in [9.17, 15) is 14.7 Å². The molecule has 2 N–H and O–H groups in total. The number of Topliss-reactive ketones (excluding diaryl/α,β-unsaturated/α-hetero) is 1. The highest BCUT2D eigenvalue weighted by atomic mass is 32.1. The summed E-state index contributed by atoms with van der Waals surface area (Å²) in [6.45, 7) is 5.03. The van der Waals surface area contributed by atoms with Gasteiger partial charge in [-0.1, -0.05) is 18.2 Å². The van der Waals surface area contributed by atoms with Crippen LogP contribution in [0.4, 0.5) is 0 Å². The van der Waals surface area contributed by atoms with Crippen LogP contribution >= 0.6 is 11.3 Å². The largest absolute Gasteiger partial charge is 0.503 e. The van der Waals surface area contributed by atoms with Gasteiger partial charge in [-0.15, -0.1) is 11.3 Å². The van der Waals surface area contributed by atoms with E-state index >= 15 is 0 Å². The van der Waals surface area contributed by atoms with Crippen molar-refractivity contribution in [3.8, 4) is 5.75 Å². The lowest BCUT2D eigenvalue weighted by molar-refractivity contribution is -0.857. The summed E-state index contributed by atoms with van der Waals surface area (Å²) in [7, 11) is 4.00. The summed E-state index contributed by atoms with van der Waals surface area (Å²) in [6.07, 6.45) is 0.0494. The fourth-order valence-corrected chi connectivity index (χ4v) is 4.03. The van der Waals surface area contributed by atoms with E-state index in [1.54, 1.807) is 17.0 Å². The molecule has 29 heavy (non-hydrogen) atoms. The first kappa shape index (κ1) is 21.1. The number of hydrogen-bond acceptors (Lipinski definition) is 5. The number of amides is 1. The molecule has 1 amide bonds. The Kier molecular flexibility index (Phi) is 6.39. The molecule has 0 unspecified atom stereocenters. The molecule has 2 aromatic rings. The van der Waals surface area contributed by atoms with E-state index in [1.165, 1.54) is 16.2 Å². The van der Waals surface area contributed by atoms with Crippen LogP contribution in [0.2, 0.25) is 0 Å². The molecule has 0 spiro atoms. The maximum absolute atomic E-state index is 13.1. The summed E-state index contributed by atoms with van der Waals surface area (Å²) in [6, 6.07) is 10.2. The van der Waals surface area contributed by atoms with Gasteiger partial charge in [0.1, 0.15) is 5.75 Å². The van der Waals surface area contributed by atoms with Crippen LogP contribution in [0.3, 0.4) is 0 Å². The van der Waals surface area contributed by atoms with Crippen molar-refractivity contribution >= 4 is 23.0 Å². The first-order valence-corrected chi connectivity index (χ1v) is 10.6. The van der Waals surface area contributed by atoms with Crippen molar-refractivity contribution in [1.29, 1.82) is 0 Å². The molecule has 1 aliphatic rings. The number of ketones is 1. The van der Waals surface area contributed by atoms with Crippen molar-refractivity contribution in [2.75, 3.05) is 27.2 Å². The van der Waals surface area contributed by atoms with Crippen LogP contribution in [0, 0.1) is 0 Å². The average Bonchev–Trinajstić information content (AvgIpc) is 3.28. The van der Waals surface area contributed by atoms with Crippen molar-refractivity contribution in [2.45, 2.75) is 26.0 Å². The molecule has 1 aliphatic heterocycles. The normalized spacial score (nSPS) is 17.0. The van der Waals surface area contributed by atoms with Gasteiger partial charge in [-0.25, -0.2) is 0 Å². The minimum atomic E-state index is -0.621. The Hall–Kier alpha value is -2.64. The standard InChI is InChI=1S/C22H26N2O4S/c1-14(2)28-16-9-7-15(8-10-16)19-18(20(25)17-6-5-13-29-17)21(26)22(27)24(19)12-11-23(3)4/h5-10,13-14,19,26H,11-12H2,1-4H3/p+1/t19-/m0/s1. The van der Waals surface area contributed by atoms with Crippen LogP contribution in [-0.2, 0) is 4.79 Å². The molecule has 0 saturated carbocycles. The Morgan fingerprint density at radius 2 is 1.93 bits per heavy atom. The Morgan fingerprint density at radius 3 is 2.48 bits per heavy atom. The Morgan fingerprint density at radius 1 is 1.24 bits per heavy atom. The van der Waals surface area contributed by atoms with Gasteiger partial charge in [0.2, 0.25) is 5.78 Å². The number of likely N-dealkylation sites (N-methyl/N-ethyl adjacent to an activating group) is 1. The molecule has 3 rings (SSSR count). The molecule has 2 heterocycles. The molecule has 154 valence electrons. The van der Waals surface area contributed by atoms with E-state index < -0.39 is 17.7 Å². The van der Waals surface area contributed by atoms with Gasteiger partial charge in [0, 0.05) is 0 Å². The third-order valence-corrected chi connectivity index (χ3v) is 5.58. The van der Waals surface area contributed by atoms with Crippen LogP contribution in [0.1, 0.15) is 35.1 Å². The number of aliphatic hydroxyl groups excluding tert-OH is 1. The maximum atomic E-state index is 13.1. The molecule has 0 radical (unpaired) electrons. The van der Waals surface area contributed by atoms with Crippen LogP contribution in [0.15, 0.2) is 53.1 Å². The van der Waals surface area contributed by atoms with Gasteiger partial charge in [-0.3, -0.25) is 9.59 Å². The molecule has 7 heteroatoms. The van der Waals surface area contributed by atoms with E-state index in [1.807, 2.05) is 57.6 Å². The summed E-state index contributed by atoms with van der Waals surface area (Å²) in [5.74, 6) is -0.543. The highest BCUT2D eigenvalue weighted by Gasteiger charge is 2.44. The average molecular weight is 416 g/mol. The van der Waals surface area contributed by atoms with Crippen LogP contribution in [0.25, 0.3) is 0 Å². The summed E-state index contributed by atoms with van der Waals surface area (Å²) in [5, 5.41) is 12.4. The van der Waals surface area contributed by atoms with Gasteiger partial charge in [-0.2, -0.15) is 0 Å². The van der Waals surface area contributed by atoms with Gasteiger partial charge in [0.25, 0.3) is 5.91 Å². The summed E-state index contributed by atoms with van der Waals surface area (Å²) >= 11 is 1.30. The molecule has 1 aromatic carbocycles. The second-order valence-electron chi connectivity index (χ2n) is 7.66. The van der Waals surface area contributed by atoms with Gasteiger partial charge in [0.15, 0.2) is 5.76 Å². The molecule has 1 aromatic heterocycles. The number of hydrogen-bond donors (Lipinski definition) is 2. The van der Waals surface area contributed by atoms with Gasteiger partial charge >= 0.3 is 0 Å². The van der Waals surface area contributed by atoms with Crippen LogP contribution in [-0.4, -0.2) is 55.0 Å². The number of aliphatic hydroxyl groups is 1. The Bertz CT molecular complexity index is 901. The van der Waals surface area contributed by atoms with Crippen molar-refractivity contribution in [2.24, 2.45) is 0 Å². The monoisotopic (exact) mass is 415 g/mol. The van der Waals surface area contributed by atoms with E-state index in [4.69, 9.17) is 4.74 Å². The van der Waals surface area contributed by atoms with Gasteiger partial charge in [0.05, 0.1) is 49.8 Å². The second-order valence-corrected chi connectivity index (χ2v) is 8.61. The lowest BCUT2D eigenvalue weighted by Gasteiger charge is -2.27. The van der Waals surface area contributed by atoms with Gasteiger partial charge < -0.3 is 19.6 Å². The minimum absolute atomic E-state index is 0.0494. The number of benzene rings is 1. The van der Waals surface area contributed by atoms with Crippen molar-refractivity contribution in [3.63, 3.8) is 0 Å². The van der Waals surface area contributed by atoms with E-state index in [2.05, 4.69) is 0 Å². The topological polar surface area (TPSA) is 71.3 Å². The zero-order chi connectivity index (χ0) is 21.1. The first-order valence-electron chi connectivity index (χ1n) is 9.67. The highest BCUT2D eigenvalue weighted by Crippen LogP contribution is 2.39. The zero-order valence-corrected chi connectivity index (χ0v) is 18.0. The fourth-order valence-electron chi connectivity index (χ4n) is 3.35. The number of thiophene rings is 1. The molecule has 0 saturated heterocycles. The van der Waals surface area contributed by atoms with Crippen molar-refractivity contribution < 1.29 is 24.3 Å². The lowest BCUT2D eigenvalue weighted by atomic mass is 9.95. The first-order chi connectivity index (χ1) is 13.8. The van der Waals surface area contributed by atoms with E-state index in [-0.39, 0.29) is 17.5 Å². The molecule has 0 aliphatic carbocycles. The number of rotatable bonds is 8. The third kappa shape index (κ3) is 4.52. The molecule has 1 atom stereocenters. The highest BCUT2D eigenvalue weighted by molar-refractivity contribution is 7.12. The maximum Gasteiger partial charge on any atom is 0.290 e. The Labute approximate surface area is 175 Å². The summed E-state index contributed by atoms with van der Waals surface area (Å²) in [4.78, 5) is 29.2. The molecule has 0 fully saturated rings. The molecular weight excluding hydrogens is 388 g/mol. The number of nitrogens with one attached hydrogen (secondary N) is 1. The summed E-state index contributed by atoms with van der Waals surface area (Å²) in [5.41, 5.74) is 0.913. The quantitative estimate of drug-likeness (QED) is 0.649. The number of quaternary nitrogens is 1. The minimum Gasteiger partial charge on any atom is -0.503 e. The second kappa shape index (κ2) is 8.80. The van der Waals surface area contributed by atoms with E-state index in [0.29, 0.717) is 18.0 Å². The smallest absolute Gasteiger partial charge is 0.290 e. The fraction of sp³-hybridized carbons (Fsp3) is 0.364. The van der Waals surface area contributed by atoms with Crippen LogP contribution in [0.5, 0.6) is 5.75 Å². The van der Waals surface area contributed by atoms with Crippen molar-refractivity contribution in [1.82, 2.24) is 4.90 Å². The molecular formula is C22H27N2O4S+. The van der Waals surface area contributed by atoms with E-state index in [0.717, 1.165) is 11.3 Å². The molecule has 6 nitrogen and oxygen atoms in total. The predicted molar refractivity (Wildman–Crippen MR) is 113 cm³/mol. The zero-order valence-electron chi connectivity index (χ0n) is 17.1. The number of carbonyl (C=O) groups is 2. The van der Waals surface area contributed by atoms with Crippen LogP contribution < -0.4 is 9.64 Å². The van der Waals surface area contributed by atoms with Gasteiger partial charge in [-0.05, 0) is 43.0 Å². The number of carbonyl (C=O) groups excluding carboxylic acids is 2. The third-order valence-electron chi connectivity index (χ3n) is 4.71. The number of nitrogens with zero attached hydrogens (tertiary/aromatic N) is 1. The summed E-state index contributed by atoms with van der Waals surface area (Å²) < 4.78 is 5.70. The van der Waals surface area contributed by atoms with Crippen molar-refractivity contribution in [3.05, 3.63) is 63.6 Å².